The number of rotatable bonds is 4. The molecule has 0 aliphatic heterocycles. The number of nitrogens with one attached hydrogen (secondary N) is 2. The fourth-order valence-electron chi connectivity index (χ4n) is 1.87. The minimum absolute atomic E-state index is 0.256. The Morgan fingerprint density at radius 1 is 1.19 bits per heavy atom. The monoisotopic (exact) mass is 368 g/mol. The largest absolute Gasteiger partial charge is 0.373 e. The maximum absolute atomic E-state index is 6.13. The molecule has 2 N–H and O–H groups in total. The van der Waals surface area contributed by atoms with Crippen molar-refractivity contribution in [2.45, 2.75) is 26.7 Å². The first-order valence-corrected chi connectivity index (χ1v) is 7.87. The number of benzene rings is 1. The van der Waals surface area contributed by atoms with Crippen LogP contribution in [-0.4, -0.2) is 17.0 Å². The summed E-state index contributed by atoms with van der Waals surface area (Å²) in [5, 5.41) is 7.08. The van der Waals surface area contributed by atoms with Crippen molar-refractivity contribution in [1.82, 2.24) is 9.97 Å². The molecular formula is C15H18BrClN4. The maximum Gasteiger partial charge on any atom is 0.139 e. The van der Waals surface area contributed by atoms with Crippen molar-refractivity contribution in [2.75, 3.05) is 17.7 Å². The lowest BCUT2D eigenvalue weighted by atomic mass is 10.2. The SMILES string of the molecule is CNc1nc(C(C)C)nc(Nc2ccc(Br)c(Cl)c2)c1C. The van der Waals surface area contributed by atoms with Gasteiger partial charge in [0.1, 0.15) is 17.5 Å². The van der Waals surface area contributed by atoms with E-state index in [1.165, 1.54) is 0 Å². The summed E-state index contributed by atoms with van der Waals surface area (Å²) in [4.78, 5) is 9.14. The molecule has 0 aliphatic carbocycles. The molecule has 0 spiro atoms. The summed E-state index contributed by atoms with van der Waals surface area (Å²) >= 11 is 9.52. The zero-order chi connectivity index (χ0) is 15.6. The summed E-state index contributed by atoms with van der Waals surface area (Å²) in [5.74, 6) is 2.68. The van der Waals surface area contributed by atoms with Gasteiger partial charge in [-0.1, -0.05) is 25.4 Å². The fraction of sp³-hybridized carbons (Fsp3) is 0.333. The maximum atomic E-state index is 6.13. The van der Waals surface area contributed by atoms with Gasteiger partial charge in [-0.05, 0) is 41.1 Å². The Morgan fingerprint density at radius 2 is 1.86 bits per heavy atom. The summed E-state index contributed by atoms with van der Waals surface area (Å²) in [6, 6.07) is 5.72. The number of aromatic nitrogens is 2. The highest BCUT2D eigenvalue weighted by molar-refractivity contribution is 9.10. The van der Waals surface area contributed by atoms with Gasteiger partial charge in [0.2, 0.25) is 0 Å². The van der Waals surface area contributed by atoms with Crippen LogP contribution < -0.4 is 10.6 Å². The number of anilines is 3. The van der Waals surface area contributed by atoms with E-state index in [0.717, 1.165) is 33.2 Å². The van der Waals surface area contributed by atoms with Crippen molar-refractivity contribution in [3.05, 3.63) is 39.1 Å². The van der Waals surface area contributed by atoms with E-state index in [4.69, 9.17) is 11.6 Å². The molecule has 1 heterocycles. The van der Waals surface area contributed by atoms with Crippen LogP contribution in [0.1, 0.15) is 31.2 Å². The molecule has 112 valence electrons. The lowest BCUT2D eigenvalue weighted by Gasteiger charge is -2.15. The van der Waals surface area contributed by atoms with Gasteiger partial charge >= 0.3 is 0 Å². The Kier molecular flexibility index (Phi) is 5.06. The first-order valence-electron chi connectivity index (χ1n) is 6.70. The highest BCUT2D eigenvalue weighted by atomic mass is 79.9. The molecule has 21 heavy (non-hydrogen) atoms. The molecule has 1 aromatic carbocycles. The quantitative estimate of drug-likeness (QED) is 0.786. The average molecular weight is 370 g/mol. The molecule has 2 rings (SSSR count). The summed E-state index contributed by atoms with van der Waals surface area (Å²) in [6.07, 6.45) is 0. The van der Waals surface area contributed by atoms with Gasteiger partial charge in [-0.3, -0.25) is 0 Å². The number of hydrogen-bond donors (Lipinski definition) is 2. The molecule has 0 aliphatic rings. The van der Waals surface area contributed by atoms with Gasteiger partial charge in [0.25, 0.3) is 0 Å². The van der Waals surface area contributed by atoms with Crippen LogP contribution >= 0.6 is 27.5 Å². The minimum atomic E-state index is 0.256. The molecule has 6 heteroatoms. The second kappa shape index (κ2) is 6.62. The van der Waals surface area contributed by atoms with E-state index in [2.05, 4.69) is 50.4 Å². The Labute approximate surface area is 138 Å². The highest BCUT2D eigenvalue weighted by Gasteiger charge is 2.13. The van der Waals surface area contributed by atoms with Crippen LogP contribution in [0, 0.1) is 6.92 Å². The van der Waals surface area contributed by atoms with E-state index in [0.29, 0.717) is 5.02 Å². The predicted octanol–water partition coefficient (Wildman–Crippen LogP) is 5.11. The van der Waals surface area contributed by atoms with Crippen molar-refractivity contribution in [1.29, 1.82) is 0 Å². The normalized spacial score (nSPS) is 10.8. The van der Waals surface area contributed by atoms with Crippen LogP contribution in [0.3, 0.4) is 0 Å². The Morgan fingerprint density at radius 3 is 2.43 bits per heavy atom. The summed E-state index contributed by atoms with van der Waals surface area (Å²) in [6.45, 7) is 6.13. The van der Waals surface area contributed by atoms with E-state index in [9.17, 15) is 0 Å². The van der Waals surface area contributed by atoms with Crippen LogP contribution in [0.25, 0.3) is 0 Å². The third kappa shape index (κ3) is 3.66. The van der Waals surface area contributed by atoms with E-state index >= 15 is 0 Å². The minimum Gasteiger partial charge on any atom is -0.373 e. The first kappa shape index (κ1) is 16.0. The zero-order valence-electron chi connectivity index (χ0n) is 12.5. The molecule has 0 unspecified atom stereocenters. The molecule has 2 aromatic rings. The molecular weight excluding hydrogens is 352 g/mol. The number of hydrogen-bond acceptors (Lipinski definition) is 4. The third-order valence-electron chi connectivity index (χ3n) is 3.10. The van der Waals surface area contributed by atoms with Gasteiger partial charge in [0.05, 0.1) is 5.02 Å². The van der Waals surface area contributed by atoms with Crippen LogP contribution in [0.2, 0.25) is 5.02 Å². The van der Waals surface area contributed by atoms with Crippen LogP contribution in [0.5, 0.6) is 0 Å². The van der Waals surface area contributed by atoms with Crippen molar-refractivity contribution in [2.24, 2.45) is 0 Å². The van der Waals surface area contributed by atoms with Gasteiger partial charge in [-0.25, -0.2) is 9.97 Å². The second-order valence-electron chi connectivity index (χ2n) is 5.06. The van der Waals surface area contributed by atoms with Crippen LogP contribution in [0.4, 0.5) is 17.3 Å². The molecule has 0 saturated carbocycles. The third-order valence-corrected chi connectivity index (χ3v) is 4.33. The molecule has 0 amide bonds. The first-order chi connectivity index (χ1) is 9.92. The van der Waals surface area contributed by atoms with E-state index in [1.54, 1.807) is 0 Å². The smallest absolute Gasteiger partial charge is 0.139 e. The number of nitrogens with zero attached hydrogens (tertiary/aromatic N) is 2. The molecule has 0 radical (unpaired) electrons. The van der Waals surface area contributed by atoms with Gasteiger partial charge < -0.3 is 10.6 Å². The summed E-state index contributed by atoms with van der Waals surface area (Å²) in [7, 11) is 1.86. The van der Waals surface area contributed by atoms with E-state index < -0.39 is 0 Å². The lowest BCUT2D eigenvalue weighted by Crippen LogP contribution is -2.08. The van der Waals surface area contributed by atoms with E-state index in [-0.39, 0.29) is 5.92 Å². The van der Waals surface area contributed by atoms with Gasteiger partial charge in [-0.2, -0.15) is 0 Å². The fourth-order valence-corrected chi connectivity index (χ4v) is 2.30. The summed E-state index contributed by atoms with van der Waals surface area (Å²) in [5.41, 5.74) is 1.86. The van der Waals surface area contributed by atoms with Crippen molar-refractivity contribution in [3.8, 4) is 0 Å². The summed E-state index contributed by atoms with van der Waals surface area (Å²) < 4.78 is 0.868. The lowest BCUT2D eigenvalue weighted by molar-refractivity contribution is 0.775. The van der Waals surface area contributed by atoms with Gasteiger partial charge in [0.15, 0.2) is 0 Å². The molecule has 1 aromatic heterocycles. The van der Waals surface area contributed by atoms with Crippen molar-refractivity contribution < 1.29 is 0 Å². The van der Waals surface area contributed by atoms with Crippen molar-refractivity contribution in [3.63, 3.8) is 0 Å². The highest BCUT2D eigenvalue weighted by Crippen LogP contribution is 2.29. The molecule has 0 atom stereocenters. The topological polar surface area (TPSA) is 49.8 Å². The van der Waals surface area contributed by atoms with Crippen LogP contribution in [0.15, 0.2) is 22.7 Å². The number of halogens is 2. The standard InChI is InChI=1S/C15H18BrClN4/c1-8(2)13-20-14(18-4)9(3)15(21-13)19-10-5-6-11(16)12(17)7-10/h5-8H,1-4H3,(H2,18,19,20,21). The van der Waals surface area contributed by atoms with E-state index in [1.807, 2.05) is 32.2 Å². The Hall–Kier alpha value is -1.33. The Bertz CT molecular complexity index is 658. The molecule has 0 fully saturated rings. The second-order valence-corrected chi connectivity index (χ2v) is 6.32. The van der Waals surface area contributed by atoms with Crippen molar-refractivity contribution >= 4 is 44.9 Å². The Balaban J connectivity index is 2.42. The molecule has 0 saturated heterocycles. The average Bonchev–Trinajstić information content (AvgIpc) is 2.44. The van der Waals surface area contributed by atoms with Gasteiger partial charge in [0, 0.05) is 28.7 Å². The van der Waals surface area contributed by atoms with Crippen LogP contribution in [-0.2, 0) is 0 Å². The predicted molar refractivity (Wildman–Crippen MR) is 92.8 cm³/mol. The molecule has 4 nitrogen and oxygen atoms in total. The van der Waals surface area contributed by atoms with Gasteiger partial charge in [-0.15, -0.1) is 0 Å². The molecule has 0 bridgehead atoms. The zero-order valence-corrected chi connectivity index (χ0v) is 14.8.